The van der Waals surface area contributed by atoms with Crippen LogP contribution in [0.25, 0.3) is 0 Å². The van der Waals surface area contributed by atoms with Crippen molar-refractivity contribution in [3.8, 4) is 11.5 Å². The fourth-order valence-electron chi connectivity index (χ4n) is 2.05. The predicted octanol–water partition coefficient (Wildman–Crippen LogP) is 2.16. The van der Waals surface area contributed by atoms with Gasteiger partial charge in [0, 0.05) is 0 Å². The van der Waals surface area contributed by atoms with Gasteiger partial charge in [0.2, 0.25) is 0 Å². The Kier molecular flexibility index (Phi) is 6.65. The molecule has 0 aliphatic carbocycles. The second-order valence-corrected chi connectivity index (χ2v) is 4.98. The molecule has 0 aliphatic heterocycles. The van der Waals surface area contributed by atoms with Gasteiger partial charge in [-0.05, 0) is 31.2 Å². The van der Waals surface area contributed by atoms with Crippen molar-refractivity contribution in [3.05, 3.63) is 59.7 Å². The van der Waals surface area contributed by atoms with Crippen LogP contribution in [0.1, 0.15) is 27.6 Å². The van der Waals surface area contributed by atoms with E-state index in [0.29, 0.717) is 0 Å². The molecule has 0 atom stereocenters. The topological polar surface area (TPSA) is 105 Å². The number of methoxy groups -OCH3 is 1. The zero-order chi connectivity index (χ0) is 19.8. The Morgan fingerprint density at radius 2 is 1.19 bits per heavy atom. The number of ether oxygens (including phenoxy) is 4. The first-order chi connectivity index (χ1) is 13.0. The van der Waals surface area contributed by atoms with Crippen molar-refractivity contribution in [2.24, 2.45) is 0 Å². The van der Waals surface area contributed by atoms with Crippen molar-refractivity contribution >= 4 is 23.9 Å². The summed E-state index contributed by atoms with van der Waals surface area (Å²) in [6, 6.07) is 11.5. The Balaban J connectivity index is 2.15. The van der Waals surface area contributed by atoms with E-state index < -0.39 is 23.9 Å². The lowest BCUT2D eigenvalue weighted by Gasteiger charge is -2.10. The van der Waals surface area contributed by atoms with Crippen LogP contribution in [0.4, 0.5) is 0 Å². The summed E-state index contributed by atoms with van der Waals surface area (Å²) in [5.74, 6) is -4.50. The van der Waals surface area contributed by atoms with Gasteiger partial charge < -0.3 is 18.9 Å². The Morgan fingerprint density at radius 3 is 1.63 bits per heavy atom. The van der Waals surface area contributed by atoms with E-state index in [1.807, 2.05) is 0 Å². The lowest BCUT2D eigenvalue weighted by Crippen LogP contribution is -2.27. The van der Waals surface area contributed by atoms with E-state index in [4.69, 9.17) is 14.2 Å². The van der Waals surface area contributed by atoms with Crippen LogP contribution in [-0.2, 0) is 19.1 Å². The monoisotopic (exact) mass is 372 g/mol. The first-order valence-electron chi connectivity index (χ1n) is 7.85. The predicted molar refractivity (Wildman–Crippen MR) is 91.5 cm³/mol. The van der Waals surface area contributed by atoms with Crippen LogP contribution in [0.15, 0.2) is 48.5 Å². The largest absolute Gasteiger partial charge is 0.465 e. The maximum Gasteiger partial charge on any atom is 0.423 e. The fourth-order valence-corrected chi connectivity index (χ4v) is 2.05. The van der Waals surface area contributed by atoms with Crippen LogP contribution in [-0.4, -0.2) is 37.6 Å². The van der Waals surface area contributed by atoms with E-state index in [2.05, 4.69) is 4.74 Å². The first-order valence-corrected chi connectivity index (χ1v) is 7.85. The molecule has 0 fully saturated rings. The third-order valence-corrected chi connectivity index (χ3v) is 3.25. The molecule has 140 valence electrons. The highest BCUT2D eigenvalue weighted by molar-refractivity contribution is 6.31. The average molecular weight is 372 g/mol. The molecule has 0 aliphatic rings. The van der Waals surface area contributed by atoms with Crippen molar-refractivity contribution < 1.29 is 38.1 Å². The number of benzene rings is 2. The first kappa shape index (κ1) is 19.6. The van der Waals surface area contributed by atoms with Gasteiger partial charge in [-0.3, -0.25) is 0 Å². The number of carbonyl (C=O) groups is 4. The van der Waals surface area contributed by atoms with Crippen LogP contribution in [0.3, 0.4) is 0 Å². The maximum atomic E-state index is 12.0. The molecule has 0 aromatic heterocycles. The standard InChI is InChI=1S/C19H16O8/c1-3-25-17(21)13-9-5-7-11-15(13)27-19(23)18(22)26-14-10-6-4-8-12(14)16(20)24-2/h4-11H,3H2,1-2H3. The van der Waals surface area contributed by atoms with E-state index in [9.17, 15) is 19.2 Å². The van der Waals surface area contributed by atoms with Gasteiger partial charge >= 0.3 is 23.9 Å². The second kappa shape index (κ2) is 9.14. The van der Waals surface area contributed by atoms with Crippen LogP contribution in [0.2, 0.25) is 0 Å². The number of hydrogen-bond donors (Lipinski definition) is 0. The molecule has 2 aromatic carbocycles. The summed E-state index contributed by atoms with van der Waals surface area (Å²) < 4.78 is 19.3. The number of para-hydroxylation sites is 2. The van der Waals surface area contributed by atoms with Crippen molar-refractivity contribution in [1.82, 2.24) is 0 Å². The molecule has 8 nitrogen and oxygen atoms in total. The Hall–Kier alpha value is -3.68. The zero-order valence-electron chi connectivity index (χ0n) is 14.6. The van der Waals surface area contributed by atoms with Crippen LogP contribution in [0, 0.1) is 0 Å². The van der Waals surface area contributed by atoms with Gasteiger partial charge in [0.05, 0.1) is 13.7 Å². The van der Waals surface area contributed by atoms with Gasteiger partial charge in [0.15, 0.2) is 0 Å². The van der Waals surface area contributed by atoms with E-state index in [-0.39, 0.29) is 29.2 Å². The molecule has 0 radical (unpaired) electrons. The van der Waals surface area contributed by atoms with E-state index in [0.717, 1.165) is 0 Å². The molecule has 2 rings (SSSR count). The third kappa shape index (κ3) is 4.91. The molecule has 0 saturated carbocycles. The van der Waals surface area contributed by atoms with Gasteiger partial charge in [0.25, 0.3) is 0 Å². The summed E-state index contributed by atoms with van der Waals surface area (Å²) in [5, 5.41) is 0. The Bertz CT molecular complexity index is 872. The Morgan fingerprint density at radius 1 is 0.741 bits per heavy atom. The zero-order valence-corrected chi connectivity index (χ0v) is 14.6. The van der Waals surface area contributed by atoms with Crippen molar-refractivity contribution in [1.29, 1.82) is 0 Å². The second-order valence-electron chi connectivity index (χ2n) is 4.98. The average Bonchev–Trinajstić information content (AvgIpc) is 2.68. The molecule has 0 amide bonds. The molecule has 0 saturated heterocycles. The fraction of sp³-hybridized carbons (Fsp3) is 0.158. The third-order valence-electron chi connectivity index (χ3n) is 3.25. The summed E-state index contributed by atoms with van der Waals surface area (Å²) in [6.07, 6.45) is 0. The van der Waals surface area contributed by atoms with Crippen molar-refractivity contribution in [2.45, 2.75) is 6.92 Å². The van der Waals surface area contributed by atoms with Crippen LogP contribution in [0.5, 0.6) is 11.5 Å². The highest BCUT2D eigenvalue weighted by Crippen LogP contribution is 2.21. The number of esters is 4. The SMILES string of the molecule is CCOC(=O)c1ccccc1OC(=O)C(=O)Oc1ccccc1C(=O)OC. The lowest BCUT2D eigenvalue weighted by atomic mass is 10.2. The molecule has 0 bridgehead atoms. The molecule has 0 N–H and O–H groups in total. The number of hydrogen-bond acceptors (Lipinski definition) is 8. The quantitative estimate of drug-likeness (QED) is 0.447. The molecule has 0 unspecified atom stereocenters. The molecule has 2 aromatic rings. The van der Waals surface area contributed by atoms with Crippen LogP contribution < -0.4 is 9.47 Å². The normalized spacial score (nSPS) is 9.85. The summed E-state index contributed by atoms with van der Waals surface area (Å²) in [5.41, 5.74) is -0.0523. The van der Waals surface area contributed by atoms with Crippen LogP contribution >= 0.6 is 0 Å². The Labute approximate surface area is 154 Å². The smallest absolute Gasteiger partial charge is 0.423 e. The molecule has 8 heteroatoms. The summed E-state index contributed by atoms with van der Waals surface area (Å²) in [7, 11) is 1.17. The number of rotatable bonds is 5. The van der Waals surface area contributed by atoms with Gasteiger partial charge in [-0.25, -0.2) is 19.2 Å². The molecular weight excluding hydrogens is 356 g/mol. The van der Waals surface area contributed by atoms with E-state index in [1.54, 1.807) is 13.0 Å². The van der Waals surface area contributed by atoms with Crippen molar-refractivity contribution in [3.63, 3.8) is 0 Å². The van der Waals surface area contributed by atoms with Gasteiger partial charge in [-0.15, -0.1) is 0 Å². The highest BCUT2D eigenvalue weighted by atomic mass is 16.6. The van der Waals surface area contributed by atoms with Gasteiger partial charge in [-0.1, -0.05) is 24.3 Å². The minimum absolute atomic E-state index is 0.0181. The highest BCUT2D eigenvalue weighted by Gasteiger charge is 2.24. The number of carbonyl (C=O) groups excluding carboxylic acids is 4. The molecule has 27 heavy (non-hydrogen) atoms. The molecular formula is C19H16O8. The molecule has 0 heterocycles. The minimum atomic E-state index is -1.37. The summed E-state index contributed by atoms with van der Waals surface area (Å²) in [6.45, 7) is 1.76. The lowest BCUT2D eigenvalue weighted by molar-refractivity contribution is -0.156. The minimum Gasteiger partial charge on any atom is -0.465 e. The summed E-state index contributed by atoms with van der Waals surface area (Å²) >= 11 is 0. The van der Waals surface area contributed by atoms with E-state index >= 15 is 0 Å². The van der Waals surface area contributed by atoms with Gasteiger partial charge in [0.1, 0.15) is 22.6 Å². The van der Waals surface area contributed by atoms with E-state index in [1.165, 1.54) is 49.6 Å². The van der Waals surface area contributed by atoms with Gasteiger partial charge in [-0.2, -0.15) is 0 Å². The maximum absolute atomic E-state index is 12.0. The summed E-state index contributed by atoms with van der Waals surface area (Å²) in [4.78, 5) is 47.6. The van der Waals surface area contributed by atoms with Crippen molar-refractivity contribution in [2.75, 3.05) is 13.7 Å². The molecule has 0 spiro atoms.